The van der Waals surface area contributed by atoms with E-state index in [9.17, 15) is 9.59 Å². The third-order valence-electron chi connectivity index (χ3n) is 2.17. The number of aliphatic hydroxyl groups excluding tert-OH is 1. The van der Waals surface area contributed by atoms with Crippen LogP contribution in [0.1, 0.15) is 29.6 Å². The second-order valence-corrected chi connectivity index (χ2v) is 5.35. The van der Waals surface area contributed by atoms with Crippen LogP contribution in [0.5, 0.6) is 5.75 Å². The molecule has 6 heteroatoms. The standard InChI is InChI=1S/C12H12Br2O4/c13-9-5-8(7-16)12(10(14)6-9)18-11(17)3-1-2-4-15/h5-7,15H,1-4H2. The molecular weight excluding hydrogens is 368 g/mol. The third-order valence-corrected chi connectivity index (χ3v) is 3.22. The first kappa shape index (κ1) is 15.3. The number of hydrogen-bond donors (Lipinski definition) is 1. The largest absolute Gasteiger partial charge is 0.425 e. The molecule has 0 atom stereocenters. The summed E-state index contributed by atoms with van der Waals surface area (Å²) in [5.74, 6) is -0.197. The molecule has 1 aromatic carbocycles. The lowest BCUT2D eigenvalue weighted by atomic mass is 10.2. The highest BCUT2D eigenvalue weighted by molar-refractivity contribution is 9.11. The lowest BCUT2D eigenvalue weighted by Gasteiger charge is -2.09. The van der Waals surface area contributed by atoms with Crippen molar-refractivity contribution in [2.75, 3.05) is 6.61 Å². The molecule has 98 valence electrons. The number of unbranched alkanes of at least 4 members (excludes halogenated alkanes) is 1. The Kier molecular flexibility index (Phi) is 6.52. The van der Waals surface area contributed by atoms with E-state index in [-0.39, 0.29) is 18.8 Å². The quantitative estimate of drug-likeness (QED) is 0.357. The first-order valence-electron chi connectivity index (χ1n) is 5.34. The van der Waals surface area contributed by atoms with Crippen molar-refractivity contribution in [2.45, 2.75) is 19.3 Å². The van der Waals surface area contributed by atoms with Crippen LogP contribution in [0, 0.1) is 0 Å². The number of benzene rings is 1. The van der Waals surface area contributed by atoms with Crippen molar-refractivity contribution in [3.05, 3.63) is 26.6 Å². The van der Waals surface area contributed by atoms with Crippen LogP contribution in [0.2, 0.25) is 0 Å². The van der Waals surface area contributed by atoms with Crippen LogP contribution >= 0.6 is 31.9 Å². The molecular formula is C12H12Br2O4. The van der Waals surface area contributed by atoms with Gasteiger partial charge >= 0.3 is 5.97 Å². The molecule has 0 aromatic heterocycles. The van der Waals surface area contributed by atoms with Crippen molar-refractivity contribution in [1.82, 2.24) is 0 Å². The monoisotopic (exact) mass is 378 g/mol. The molecule has 0 amide bonds. The lowest BCUT2D eigenvalue weighted by molar-refractivity contribution is -0.134. The van der Waals surface area contributed by atoms with E-state index in [0.717, 1.165) is 4.47 Å². The minimum atomic E-state index is -0.422. The summed E-state index contributed by atoms with van der Waals surface area (Å²) in [6.45, 7) is 0.0504. The van der Waals surface area contributed by atoms with Gasteiger partial charge in [-0.3, -0.25) is 9.59 Å². The fourth-order valence-corrected chi connectivity index (χ4v) is 2.66. The maximum absolute atomic E-state index is 11.5. The predicted octanol–water partition coefficient (Wildman–Crippen LogP) is 3.09. The molecule has 4 nitrogen and oxygen atoms in total. The summed E-state index contributed by atoms with van der Waals surface area (Å²) in [5.41, 5.74) is 0.298. The SMILES string of the molecule is O=Cc1cc(Br)cc(Br)c1OC(=O)CCCCO. The number of carbonyl (C=O) groups excluding carboxylic acids is 2. The van der Waals surface area contributed by atoms with Gasteiger partial charge in [-0.05, 0) is 40.9 Å². The molecule has 1 N–H and O–H groups in total. The predicted molar refractivity (Wildman–Crippen MR) is 73.8 cm³/mol. The molecule has 0 spiro atoms. The van der Waals surface area contributed by atoms with Gasteiger partial charge in [-0.25, -0.2) is 0 Å². The van der Waals surface area contributed by atoms with E-state index in [2.05, 4.69) is 31.9 Å². The van der Waals surface area contributed by atoms with E-state index in [1.807, 2.05) is 0 Å². The van der Waals surface area contributed by atoms with Crippen LogP contribution in [0.15, 0.2) is 21.1 Å². The topological polar surface area (TPSA) is 63.6 Å². The number of carbonyl (C=O) groups is 2. The van der Waals surface area contributed by atoms with Crippen molar-refractivity contribution in [3.63, 3.8) is 0 Å². The maximum Gasteiger partial charge on any atom is 0.311 e. The van der Waals surface area contributed by atoms with Gasteiger partial charge in [-0.15, -0.1) is 0 Å². The van der Waals surface area contributed by atoms with Gasteiger partial charge in [0.25, 0.3) is 0 Å². The first-order chi connectivity index (χ1) is 8.58. The van der Waals surface area contributed by atoms with Gasteiger partial charge in [-0.1, -0.05) is 15.9 Å². The lowest BCUT2D eigenvalue weighted by Crippen LogP contribution is -2.10. The average molecular weight is 380 g/mol. The molecule has 0 aliphatic carbocycles. The highest BCUT2D eigenvalue weighted by atomic mass is 79.9. The fraction of sp³-hybridized carbons (Fsp3) is 0.333. The van der Waals surface area contributed by atoms with E-state index >= 15 is 0 Å². The number of aliphatic hydroxyl groups is 1. The molecule has 0 aliphatic rings. The smallest absolute Gasteiger partial charge is 0.311 e. The van der Waals surface area contributed by atoms with Crippen molar-refractivity contribution in [3.8, 4) is 5.75 Å². The normalized spacial score (nSPS) is 10.2. The molecule has 1 rings (SSSR count). The van der Waals surface area contributed by atoms with Crippen molar-refractivity contribution < 1.29 is 19.4 Å². The zero-order valence-corrected chi connectivity index (χ0v) is 12.7. The molecule has 18 heavy (non-hydrogen) atoms. The molecule has 0 bridgehead atoms. The highest BCUT2D eigenvalue weighted by Gasteiger charge is 2.13. The minimum absolute atomic E-state index is 0.0504. The summed E-state index contributed by atoms with van der Waals surface area (Å²) in [6.07, 6.45) is 1.95. The molecule has 0 saturated carbocycles. The maximum atomic E-state index is 11.5. The second-order valence-electron chi connectivity index (χ2n) is 3.58. The summed E-state index contributed by atoms with van der Waals surface area (Å²) in [5, 5.41) is 8.61. The number of halogens is 2. The number of rotatable bonds is 6. The van der Waals surface area contributed by atoms with Crippen LogP contribution in [0.25, 0.3) is 0 Å². The Labute approximate surface area is 122 Å². The molecule has 0 heterocycles. The van der Waals surface area contributed by atoms with Crippen molar-refractivity contribution in [2.24, 2.45) is 0 Å². The summed E-state index contributed by atoms with van der Waals surface area (Å²) in [4.78, 5) is 22.4. The fourth-order valence-electron chi connectivity index (χ4n) is 1.32. The molecule has 0 saturated heterocycles. The van der Waals surface area contributed by atoms with Gasteiger partial charge < -0.3 is 9.84 Å². The number of aldehydes is 1. The van der Waals surface area contributed by atoms with Gasteiger partial charge in [0.05, 0.1) is 10.0 Å². The summed E-state index contributed by atoms with van der Waals surface area (Å²) < 4.78 is 6.40. The Bertz CT molecular complexity index is 446. The number of hydrogen-bond acceptors (Lipinski definition) is 4. The Balaban J connectivity index is 2.77. The zero-order valence-electron chi connectivity index (χ0n) is 9.49. The minimum Gasteiger partial charge on any atom is -0.425 e. The van der Waals surface area contributed by atoms with Gasteiger partial charge in [-0.2, -0.15) is 0 Å². The third kappa shape index (κ3) is 4.51. The number of esters is 1. The summed E-state index contributed by atoms with van der Waals surface area (Å²) in [6, 6.07) is 3.28. The average Bonchev–Trinajstić information content (AvgIpc) is 2.32. The van der Waals surface area contributed by atoms with E-state index in [1.54, 1.807) is 12.1 Å². The Morgan fingerprint density at radius 1 is 1.33 bits per heavy atom. The zero-order chi connectivity index (χ0) is 13.5. The summed E-state index contributed by atoms with van der Waals surface area (Å²) >= 11 is 6.49. The van der Waals surface area contributed by atoms with Gasteiger partial charge in [0.2, 0.25) is 0 Å². The Morgan fingerprint density at radius 3 is 2.67 bits per heavy atom. The van der Waals surface area contributed by atoms with Crippen LogP contribution in [0.4, 0.5) is 0 Å². The molecule has 1 aromatic rings. The first-order valence-corrected chi connectivity index (χ1v) is 6.93. The van der Waals surface area contributed by atoms with E-state index in [0.29, 0.717) is 29.2 Å². The van der Waals surface area contributed by atoms with Crippen LogP contribution in [0.3, 0.4) is 0 Å². The van der Waals surface area contributed by atoms with Crippen molar-refractivity contribution in [1.29, 1.82) is 0 Å². The highest BCUT2D eigenvalue weighted by Crippen LogP contribution is 2.32. The van der Waals surface area contributed by atoms with Crippen LogP contribution in [-0.2, 0) is 4.79 Å². The van der Waals surface area contributed by atoms with E-state index in [1.165, 1.54) is 0 Å². The van der Waals surface area contributed by atoms with Crippen LogP contribution in [-0.4, -0.2) is 24.0 Å². The molecule has 0 radical (unpaired) electrons. The Hall–Kier alpha value is -0.720. The van der Waals surface area contributed by atoms with E-state index < -0.39 is 5.97 Å². The molecule has 0 fully saturated rings. The van der Waals surface area contributed by atoms with Gasteiger partial charge in [0.15, 0.2) is 12.0 Å². The summed E-state index contributed by atoms with van der Waals surface area (Å²) in [7, 11) is 0. The van der Waals surface area contributed by atoms with Gasteiger partial charge in [0, 0.05) is 17.5 Å². The van der Waals surface area contributed by atoms with Crippen molar-refractivity contribution >= 4 is 44.1 Å². The number of ether oxygens (including phenoxy) is 1. The van der Waals surface area contributed by atoms with Crippen LogP contribution < -0.4 is 4.74 Å². The molecule has 0 aliphatic heterocycles. The Morgan fingerprint density at radius 2 is 2.06 bits per heavy atom. The van der Waals surface area contributed by atoms with E-state index in [4.69, 9.17) is 9.84 Å². The second kappa shape index (κ2) is 7.66. The van der Waals surface area contributed by atoms with Gasteiger partial charge in [0.1, 0.15) is 0 Å². The molecule has 0 unspecified atom stereocenters.